The van der Waals surface area contributed by atoms with Crippen LogP contribution < -0.4 is 14.4 Å². The summed E-state index contributed by atoms with van der Waals surface area (Å²) in [6.45, 7) is 3.55. The quantitative estimate of drug-likeness (QED) is 0.806. The zero-order chi connectivity index (χ0) is 19.3. The second-order valence-electron chi connectivity index (χ2n) is 5.94. The average molecular weight is 376 g/mol. The summed E-state index contributed by atoms with van der Waals surface area (Å²) >= 11 is 0. The molecule has 0 aromatic heterocycles. The van der Waals surface area contributed by atoms with Gasteiger partial charge in [0.25, 0.3) is 0 Å². The van der Waals surface area contributed by atoms with E-state index in [4.69, 9.17) is 4.74 Å². The van der Waals surface area contributed by atoms with E-state index < -0.39 is 22.0 Å². The van der Waals surface area contributed by atoms with Gasteiger partial charge in [-0.15, -0.1) is 0 Å². The van der Waals surface area contributed by atoms with Gasteiger partial charge in [-0.3, -0.25) is 9.10 Å². The van der Waals surface area contributed by atoms with Gasteiger partial charge in [0.05, 0.1) is 19.1 Å². The Morgan fingerprint density at radius 1 is 1.19 bits per heavy atom. The Balaban J connectivity index is 2.34. The number of para-hydroxylation sites is 1. The van der Waals surface area contributed by atoms with Gasteiger partial charge in [-0.2, -0.15) is 0 Å². The summed E-state index contributed by atoms with van der Waals surface area (Å²) < 4.78 is 31.0. The van der Waals surface area contributed by atoms with Gasteiger partial charge in [0.2, 0.25) is 15.9 Å². The van der Waals surface area contributed by atoms with Crippen LogP contribution in [0, 0.1) is 0 Å². The molecule has 1 atom stereocenters. The minimum absolute atomic E-state index is 0.373. The van der Waals surface area contributed by atoms with Crippen molar-refractivity contribution in [2.24, 2.45) is 0 Å². The topological polar surface area (TPSA) is 75.7 Å². The Morgan fingerprint density at radius 2 is 1.88 bits per heavy atom. The maximum absolute atomic E-state index is 12.7. The minimum Gasteiger partial charge on any atom is -0.497 e. The number of sulfonamides is 1. The molecule has 6 nitrogen and oxygen atoms in total. The molecular weight excluding hydrogens is 352 g/mol. The predicted molar refractivity (Wildman–Crippen MR) is 104 cm³/mol. The molecule has 0 aliphatic carbocycles. The van der Waals surface area contributed by atoms with E-state index in [-0.39, 0.29) is 0 Å². The van der Waals surface area contributed by atoms with Gasteiger partial charge in [-0.05, 0) is 37.1 Å². The normalized spacial score (nSPS) is 12.3. The summed E-state index contributed by atoms with van der Waals surface area (Å²) in [4.78, 5) is 12.7. The van der Waals surface area contributed by atoms with E-state index in [1.807, 2.05) is 25.1 Å². The molecule has 1 amide bonds. The van der Waals surface area contributed by atoms with Crippen LogP contribution in [-0.2, 0) is 21.2 Å². The third-order valence-corrected chi connectivity index (χ3v) is 5.29. The van der Waals surface area contributed by atoms with E-state index in [1.54, 1.807) is 37.3 Å². The average Bonchev–Trinajstić information content (AvgIpc) is 2.61. The van der Waals surface area contributed by atoms with Gasteiger partial charge in [-0.1, -0.05) is 31.2 Å². The highest BCUT2D eigenvalue weighted by molar-refractivity contribution is 7.92. The molecule has 0 bridgehead atoms. The van der Waals surface area contributed by atoms with Crippen molar-refractivity contribution in [1.29, 1.82) is 0 Å². The summed E-state index contributed by atoms with van der Waals surface area (Å²) in [6, 6.07) is 13.2. The molecule has 0 radical (unpaired) electrons. The number of hydrogen-bond donors (Lipinski definition) is 1. The SMILES string of the molecule is CCc1ccccc1NC(=O)[C@H](C)N(c1cccc(OC)c1)S(C)(=O)=O. The van der Waals surface area contributed by atoms with Crippen LogP contribution in [0.4, 0.5) is 11.4 Å². The number of hydrogen-bond acceptors (Lipinski definition) is 4. The molecule has 0 fully saturated rings. The number of rotatable bonds is 7. The standard InChI is InChI=1S/C19H24N2O4S/c1-5-15-9-6-7-12-18(15)20-19(22)14(2)21(26(4,23)24)16-10-8-11-17(13-16)25-3/h6-14H,5H2,1-4H3,(H,20,22)/t14-/m0/s1. The second kappa shape index (κ2) is 8.23. The van der Waals surface area contributed by atoms with Crippen LogP contribution in [0.5, 0.6) is 5.75 Å². The second-order valence-corrected chi connectivity index (χ2v) is 7.80. The Labute approximate surface area is 154 Å². The minimum atomic E-state index is -3.68. The molecule has 2 rings (SSSR count). The van der Waals surface area contributed by atoms with Crippen molar-refractivity contribution in [2.75, 3.05) is 23.0 Å². The lowest BCUT2D eigenvalue weighted by molar-refractivity contribution is -0.116. The highest BCUT2D eigenvalue weighted by Gasteiger charge is 2.29. The smallest absolute Gasteiger partial charge is 0.248 e. The molecule has 0 unspecified atom stereocenters. The predicted octanol–water partition coefficient (Wildman–Crippen LogP) is 3.05. The van der Waals surface area contributed by atoms with Crippen molar-refractivity contribution in [2.45, 2.75) is 26.3 Å². The Hall–Kier alpha value is -2.54. The first-order valence-electron chi connectivity index (χ1n) is 8.30. The van der Waals surface area contributed by atoms with Crippen molar-refractivity contribution in [1.82, 2.24) is 0 Å². The fraction of sp³-hybridized carbons (Fsp3) is 0.316. The lowest BCUT2D eigenvalue weighted by atomic mass is 10.1. The number of nitrogens with zero attached hydrogens (tertiary/aromatic N) is 1. The van der Waals surface area contributed by atoms with Gasteiger partial charge in [-0.25, -0.2) is 8.42 Å². The van der Waals surface area contributed by atoms with Crippen LogP contribution >= 0.6 is 0 Å². The largest absolute Gasteiger partial charge is 0.497 e. The Bertz CT molecular complexity index is 881. The van der Waals surface area contributed by atoms with Crippen molar-refractivity contribution < 1.29 is 17.9 Å². The summed E-state index contributed by atoms with van der Waals surface area (Å²) in [6.07, 6.45) is 1.84. The number of carbonyl (C=O) groups is 1. The molecule has 1 N–H and O–H groups in total. The highest BCUT2D eigenvalue weighted by Crippen LogP contribution is 2.26. The molecule has 0 saturated carbocycles. The molecule has 7 heteroatoms. The highest BCUT2D eigenvalue weighted by atomic mass is 32.2. The number of carbonyl (C=O) groups excluding carboxylic acids is 1. The summed E-state index contributed by atoms with van der Waals surface area (Å²) in [5, 5.41) is 2.84. The number of nitrogens with one attached hydrogen (secondary N) is 1. The molecule has 140 valence electrons. The van der Waals surface area contributed by atoms with Gasteiger partial charge >= 0.3 is 0 Å². The van der Waals surface area contributed by atoms with E-state index in [0.717, 1.165) is 22.5 Å². The van der Waals surface area contributed by atoms with Crippen LogP contribution in [0.2, 0.25) is 0 Å². The Kier molecular flexibility index (Phi) is 6.26. The zero-order valence-corrected chi connectivity index (χ0v) is 16.2. The van der Waals surface area contributed by atoms with Gasteiger partial charge < -0.3 is 10.1 Å². The number of amides is 1. The van der Waals surface area contributed by atoms with Gasteiger partial charge in [0.15, 0.2) is 0 Å². The van der Waals surface area contributed by atoms with Crippen LogP contribution in [0.1, 0.15) is 19.4 Å². The maximum atomic E-state index is 12.7. The number of methoxy groups -OCH3 is 1. The molecule has 0 aliphatic rings. The maximum Gasteiger partial charge on any atom is 0.248 e. The summed E-state index contributed by atoms with van der Waals surface area (Å²) in [7, 11) is -2.18. The first-order valence-corrected chi connectivity index (χ1v) is 10.1. The molecule has 2 aromatic carbocycles. The van der Waals surface area contributed by atoms with Crippen LogP contribution in [0.3, 0.4) is 0 Å². The number of ether oxygens (including phenoxy) is 1. The molecule has 0 spiro atoms. The summed E-state index contributed by atoms with van der Waals surface area (Å²) in [5.41, 5.74) is 2.05. The van der Waals surface area contributed by atoms with Crippen LogP contribution in [0.15, 0.2) is 48.5 Å². The first kappa shape index (κ1) is 19.8. The monoisotopic (exact) mass is 376 g/mol. The van der Waals surface area contributed by atoms with E-state index in [0.29, 0.717) is 17.1 Å². The number of benzene rings is 2. The Morgan fingerprint density at radius 3 is 2.50 bits per heavy atom. The molecule has 0 saturated heterocycles. The number of aryl methyl sites for hydroxylation is 1. The van der Waals surface area contributed by atoms with Crippen molar-refractivity contribution in [3.05, 3.63) is 54.1 Å². The van der Waals surface area contributed by atoms with Gasteiger partial charge in [0.1, 0.15) is 11.8 Å². The van der Waals surface area contributed by atoms with Crippen molar-refractivity contribution in [3.63, 3.8) is 0 Å². The molecular formula is C19H24N2O4S. The third-order valence-electron chi connectivity index (χ3n) is 4.05. The zero-order valence-electron chi connectivity index (χ0n) is 15.4. The van der Waals surface area contributed by atoms with E-state index >= 15 is 0 Å². The lowest BCUT2D eigenvalue weighted by Crippen LogP contribution is -2.45. The van der Waals surface area contributed by atoms with Gasteiger partial charge in [0, 0.05) is 11.8 Å². The fourth-order valence-corrected chi connectivity index (χ4v) is 3.91. The van der Waals surface area contributed by atoms with Crippen LogP contribution in [0.25, 0.3) is 0 Å². The molecule has 0 aliphatic heterocycles. The number of anilines is 2. The lowest BCUT2D eigenvalue weighted by Gasteiger charge is -2.28. The van der Waals surface area contributed by atoms with E-state index in [9.17, 15) is 13.2 Å². The molecule has 0 heterocycles. The van der Waals surface area contributed by atoms with E-state index in [1.165, 1.54) is 7.11 Å². The van der Waals surface area contributed by atoms with Crippen molar-refractivity contribution in [3.8, 4) is 5.75 Å². The summed E-state index contributed by atoms with van der Waals surface area (Å²) in [5.74, 6) is 0.110. The van der Waals surface area contributed by atoms with E-state index in [2.05, 4.69) is 5.32 Å². The van der Waals surface area contributed by atoms with Crippen LogP contribution in [-0.4, -0.2) is 33.7 Å². The molecule has 26 heavy (non-hydrogen) atoms. The third kappa shape index (κ3) is 4.54. The van der Waals surface area contributed by atoms with Crippen molar-refractivity contribution >= 4 is 27.3 Å². The molecule has 2 aromatic rings. The first-order chi connectivity index (χ1) is 12.3. The fourth-order valence-electron chi connectivity index (χ4n) is 2.74.